The highest BCUT2D eigenvalue weighted by Gasteiger charge is 2.53. The highest BCUT2D eigenvalue weighted by molar-refractivity contribution is 6.62. The lowest BCUT2D eigenvalue weighted by Gasteiger charge is -2.36. The van der Waals surface area contributed by atoms with Gasteiger partial charge in [0.2, 0.25) is 0 Å². The molecule has 2 aromatic rings. The van der Waals surface area contributed by atoms with Crippen LogP contribution in [0.1, 0.15) is 66.5 Å². The number of benzene rings is 2. The molecule has 0 unspecified atom stereocenters. The van der Waals surface area contributed by atoms with Crippen LogP contribution in [0, 0.1) is 0 Å². The van der Waals surface area contributed by atoms with Crippen molar-refractivity contribution in [1.82, 2.24) is 0 Å². The molecule has 2 aromatic carbocycles. The van der Waals surface area contributed by atoms with Crippen molar-refractivity contribution in [2.75, 3.05) is 14.2 Å². The van der Waals surface area contributed by atoms with Crippen LogP contribution in [0.4, 0.5) is 0 Å². The molecule has 2 fully saturated rings. The molecule has 0 atom stereocenters. The lowest BCUT2D eigenvalue weighted by atomic mass is 9.75. The molecule has 2 saturated heterocycles. The molecule has 40 heavy (non-hydrogen) atoms. The summed E-state index contributed by atoms with van der Waals surface area (Å²) in [5.41, 5.74) is 0.980. The van der Waals surface area contributed by atoms with Crippen molar-refractivity contribution < 1.29 is 28.1 Å². The summed E-state index contributed by atoms with van der Waals surface area (Å²) >= 11 is 0. The van der Waals surface area contributed by atoms with Gasteiger partial charge in [0.05, 0.1) is 22.4 Å². The maximum absolute atomic E-state index is 6.23. The van der Waals surface area contributed by atoms with Gasteiger partial charge in [-0.2, -0.15) is 0 Å². The first-order valence-electron chi connectivity index (χ1n) is 14.0. The van der Waals surface area contributed by atoms with Crippen molar-refractivity contribution in [2.45, 2.75) is 89.0 Å². The summed E-state index contributed by atoms with van der Waals surface area (Å²) in [4.78, 5) is 0. The van der Waals surface area contributed by atoms with E-state index in [2.05, 4.69) is 104 Å². The molecule has 0 saturated carbocycles. The fraction of sp³-hybridized carbons (Fsp3) is 0.500. The molecule has 2 heterocycles. The van der Waals surface area contributed by atoms with Crippen molar-refractivity contribution in [3.05, 3.63) is 84.0 Å². The zero-order valence-electron chi connectivity index (χ0n) is 25.5. The minimum atomic E-state index is -0.723. The summed E-state index contributed by atoms with van der Waals surface area (Å²) in [5.74, 6) is 0. The molecule has 0 spiro atoms. The predicted octanol–water partition coefficient (Wildman–Crippen LogP) is 4.79. The molecule has 0 amide bonds. The van der Waals surface area contributed by atoms with Crippen molar-refractivity contribution in [3.63, 3.8) is 0 Å². The second-order valence-electron chi connectivity index (χ2n) is 13.1. The highest BCUT2D eigenvalue weighted by atomic mass is 16.7. The first-order chi connectivity index (χ1) is 18.6. The van der Waals surface area contributed by atoms with Gasteiger partial charge in [-0.15, -0.1) is 0 Å². The van der Waals surface area contributed by atoms with Gasteiger partial charge < -0.3 is 28.1 Å². The SMILES string of the molecule is COC1(c2ccc(B3OC(C)(C)C(C)(C)O3)cc2)C=CC(OC)(c2ccc(B3OC(C)(C)C(C)(C)O3)cc2)C=C1. The van der Waals surface area contributed by atoms with Gasteiger partial charge >= 0.3 is 14.2 Å². The zero-order valence-corrected chi connectivity index (χ0v) is 25.5. The van der Waals surface area contributed by atoms with Gasteiger partial charge in [-0.1, -0.05) is 48.5 Å². The van der Waals surface area contributed by atoms with E-state index in [4.69, 9.17) is 28.1 Å². The number of methoxy groups -OCH3 is 2. The van der Waals surface area contributed by atoms with E-state index in [1.54, 1.807) is 14.2 Å². The Hall–Kier alpha value is -2.19. The summed E-state index contributed by atoms with van der Waals surface area (Å²) in [6, 6.07) is 16.5. The zero-order chi connectivity index (χ0) is 29.2. The predicted molar refractivity (Wildman–Crippen MR) is 160 cm³/mol. The van der Waals surface area contributed by atoms with E-state index in [1.165, 1.54) is 0 Å². The second-order valence-corrected chi connectivity index (χ2v) is 13.1. The van der Waals surface area contributed by atoms with Crippen LogP contribution in [0.3, 0.4) is 0 Å². The van der Waals surface area contributed by atoms with Gasteiger partial charge in [0.25, 0.3) is 0 Å². The van der Waals surface area contributed by atoms with Crippen molar-refractivity contribution in [3.8, 4) is 0 Å². The van der Waals surface area contributed by atoms with Gasteiger partial charge in [-0.3, -0.25) is 0 Å². The minimum absolute atomic E-state index is 0.384. The third-order valence-electron chi connectivity index (χ3n) is 9.61. The van der Waals surface area contributed by atoms with E-state index in [0.29, 0.717) is 0 Å². The van der Waals surface area contributed by atoms with Crippen LogP contribution in [0.25, 0.3) is 0 Å². The summed E-state index contributed by atoms with van der Waals surface area (Å²) < 4.78 is 37.0. The van der Waals surface area contributed by atoms with E-state index in [0.717, 1.165) is 22.1 Å². The molecule has 2 aliphatic heterocycles. The lowest BCUT2D eigenvalue weighted by Crippen LogP contribution is -2.41. The fourth-order valence-corrected chi connectivity index (χ4v) is 5.26. The Kier molecular flexibility index (Phi) is 7.10. The van der Waals surface area contributed by atoms with E-state index < -0.39 is 25.4 Å². The van der Waals surface area contributed by atoms with E-state index in [9.17, 15) is 0 Å². The average Bonchev–Trinajstić information content (AvgIpc) is 3.28. The van der Waals surface area contributed by atoms with Crippen LogP contribution in [0.5, 0.6) is 0 Å². The molecular weight excluding hydrogens is 502 g/mol. The topological polar surface area (TPSA) is 55.4 Å². The van der Waals surface area contributed by atoms with Crippen LogP contribution < -0.4 is 10.9 Å². The summed E-state index contributed by atoms with van der Waals surface area (Å²) in [6.45, 7) is 16.5. The van der Waals surface area contributed by atoms with Gasteiger partial charge in [-0.05, 0) is 102 Å². The third kappa shape index (κ3) is 4.73. The number of ether oxygens (including phenoxy) is 2. The Bertz CT molecular complexity index is 1150. The van der Waals surface area contributed by atoms with Crippen molar-refractivity contribution in [2.24, 2.45) is 0 Å². The Balaban J connectivity index is 1.35. The molecule has 0 N–H and O–H groups in total. The molecule has 0 radical (unpaired) electrons. The van der Waals surface area contributed by atoms with Crippen molar-refractivity contribution in [1.29, 1.82) is 0 Å². The smallest absolute Gasteiger partial charge is 0.399 e. The van der Waals surface area contributed by atoms with Gasteiger partial charge in [0.1, 0.15) is 11.2 Å². The minimum Gasteiger partial charge on any atom is -0.399 e. The quantitative estimate of drug-likeness (QED) is 0.385. The van der Waals surface area contributed by atoms with E-state index in [1.807, 2.05) is 24.3 Å². The Labute approximate surface area is 240 Å². The molecule has 3 aliphatic rings. The summed E-state index contributed by atoms with van der Waals surface area (Å²) in [6.07, 6.45) is 8.23. The highest BCUT2D eigenvalue weighted by Crippen LogP contribution is 2.41. The molecule has 6 nitrogen and oxygen atoms in total. The fourth-order valence-electron chi connectivity index (χ4n) is 5.26. The van der Waals surface area contributed by atoms with Crippen LogP contribution in [-0.2, 0) is 39.3 Å². The van der Waals surface area contributed by atoms with Crippen LogP contribution in [-0.4, -0.2) is 50.9 Å². The van der Waals surface area contributed by atoms with E-state index >= 15 is 0 Å². The molecule has 0 bridgehead atoms. The lowest BCUT2D eigenvalue weighted by molar-refractivity contribution is 0.00578. The van der Waals surface area contributed by atoms with Gasteiger partial charge in [0.15, 0.2) is 0 Å². The van der Waals surface area contributed by atoms with Crippen LogP contribution in [0.15, 0.2) is 72.8 Å². The maximum Gasteiger partial charge on any atom is 0.494 e. The molecule has 0 aromatic heterocycles. The van der Waals surface area contributed by atoms with Gasteiger partial charge in [0, 0.05) is 14.2 Å². The first-order valence-corrected chi connectivity index (χ1v) is 14.0. The van der Waals surface area contributed by atoms with E-state index in [-0.39, 0.29) is 22.4 Å². The Morgan fingerprint density at radius 1 is 0.450 bits per heavy atom. The summed E-state index contributed by atoms with van der Waals surface area (Å²) in [7, 11) is 2.62. The Morgan fingerprint density at radius 3 is 0.925 bits per heavy atom. The van der Waals surface area contributed by atoms with Crippen LogP contribution >= 0.6 is 0 Å². The molecule has 1 aliphatic carbocycles. The maximum atomic E-state index is 6.23. The first kappa shape index (κ1) is 29.3. The Morgan fingerprint density at radius 2 is 0.700 bits per heavy atom. The molecular formula is C32H42B2O6. The number of hydrogen-bond donors (Lipinski definition) is 0. The molecule has 8 heteroatoms. The standard InChI is InChI=1S/C32H42B2O6/c1-27(2)28(3,4)38-33(37-27)25-15-11-23(12-16-25)31(35-9)19-21-32(36-10,22-20-31)24-13-17-26(18-14-24)34-39-29(5,6)30(7,8)40-34/h11-22H,1-10H3. The average molecular weight is 544 g/mol. The normalized spacial score (nSPS) is 29.8. The van der Waals surface area contributed by atoms with Crippen molar-refractivity contribution >= 4 is 25.2 Å². The monoisotopic (exact) mass is 544 g/mol. The van der Waals surface area contributed by atoms with Crippen LogP contribution in [0.2, 0.25) is 0 Å². The summed E-state index contributed by atoms with van der Waals surface area (Å²) in [5, 5.41) is 0. The van der Waals surface area contributed by atoms with Gasteiger partial charge in [-0.25, -0.2) is 0 Å². The molecule has 5 rings (SSSR count). The third-order valence-corrected chi connectivity index (χ3v) is 9.61. The largest absolute Gasteiger partial charge is 0.494 e. The second kappa shape index (κ2) is 9.69. The molecule has 212 valence electrons. The number of hydrogen-bond acceptors (Lipinski definition) is 6. The number of rotatable bonds is 6.